The van der Waals surface area contributed by atoms with Crippen molar-refractivity contribution < 1.29 is 5.11 Å². The fourth-order valence-electron chi connectivity index (χ4n) is 1.25. The van der Waals surface area contributed by atoms with Crippen LogP contribution in [0, 0.1) is 0 Å². The minimum absolute atomic E-state index is 0.175. The van der Waals surface area contributed by atoms with E-state index in [2.05, 4.69) is 15.2 Å². The van der Waals surface area contributed by atoms with Gasteiger partial charge < -0.3 is 10.4 Å². The van der Waals surface area contributed by atoms with E-state index in [1.54, 1.807) is 0 Å². The molecule has 0 aliphatic heterocycles. The maximum atomic E-state index is 9.00. The number of aliphatic hydroxyl groups excluding tert-OH is 1. The molecule has 1 aromatic rings. The predicted molar refractivity (Wildman–Crippen MR) is 61.8 cm³/mol. The molecular formula is C11H19N3O. The van der Waals surface area contributed by atoms with Gasteiger partial charge in [0.1, 0.15) is 5.82 Å². The summed E-state index contributed by atoms with van der Waals surface area (Å²) >= 11 is 0. The SMILES string of the molecule is CNc1ccc(CN(C)C(C)CO)cn1. The Kier molecular flexibility index (Phi) is 4.52. The van der Waals surface area contributed by atoms with Gasteiger partial charge in [0.2, 0.25) is 0 Å². The Balaban J connectivity index is 2.57. The molecule has 1 rings (SSSR count). The highest BCUT2D eigenvalue weighted by molar-refractivity contribution is 5.34. The van der Waals surface area contributed by atoms with Crippen LogP contribution in [0.1, 0.15) is 12.5 Å². The summed E-state index contributed by atoms with van der Waals surface area (Å²) in [6, 6.07) is 4.17. The zero-order valence-electron chi connectivity index (χ0n) is 9.57. The molecule has 1 heterocycles. The maximum Gasteiger partial charge on any atom is 0.125 e. The predicted octanol–water partition coefficient (Wildman–Crippen LogP) is 0.936. The molecule has 0 bridgehead atoms. The number of nitrogens with zero attached hydrogens (tertiary/aromatic N) is 2. The molecule has 0 aliphatic carbocycles. The summed E-state index contributed by atoms with van der Waals surface area (Å²) in [7, 11) is 3.84. The number of anilines is 1. The van der Waals surface area contributed by atoms with Gasteiger partial charge in [0, 0.05) is 25.8 Å². The Hall–Kier alpha value is -1.13. The molecule has 1 unspecified atom stereocenters. The molecule has 15 heavy (non-hydrogen) atoms. The van der Waals surface area contributed by atoms with E-state index in [9.17, 15) is 0 Å². The zero-order valence-corrected chi connectivity index (χ0v) is 9.57. The Morgan fingerprint density at radius 1 is 1.53 bits per heavy atom. The summed E-state index contributed by atoms with van der Waals surface area (Å²) < 4.78 is 0. The average molecular weight is 209 g/mol. The van der Waals surface area contributed by atoms with E-state index >= 15 is 0 Å². The number of hydrogen-bond acceptors (Lipinski definition) is 4. The third-order valence-corrected chi connectivity index (χ3v) is 2.53. The maximum absolute atomic E-state index is 9.00. The highest BCUT2D eigenvalue weighted by Gasteiger charge is 2.07. The van der Waals surface area contributed by atoms with Crippen LogP contribution < -0.4 is 5.32 Å². The molecule has 0 aliphatic rings. The van der Waals surface area contributed by atoms with Gasteiger partial charge in [0.25, 0.3) is 0 Å². The lowest BCUT2D eigenvalue weighted by Gasteiger charge is -2.22. The first kappa shape index (κ1) is 11.9. The number of likely N-dealkylation sites (N-methyl/N-ethyl adjacent to an activating group) is 1. The highest BCUT2D eigenvalue weighted by Crippen LogP contribution is 2.07. The third-order valence-electron chi connectivity index (χ3n) is 2.53. The van der Waals surface area contributed by atoms with Crippen molar-refractivity contribution in [1.29, 1.82) is 0 Å². The lowest BCUT2D eigenvalue weighted by Crippen LogP contribution is -2.31. The smallest absolute Gasteiger partial charge is 0.125 e. The zero-order chi connectivity index (χ0) is 11.3. The van der Waals surface area contributed by atoms with Crippen LogP contribution >= 0.6 is 0 Å². The van der Waals surface area contributed by atoms with Crippen molar-refractivity contribution in [3.63, 3.8) is 0 Å². The molecule has 0 saturated heterocycles. The first-order valence-corrected chi connectivity index (χ1v) is 5.11. The van der Waals surface area contributed by atoms with Crippen LogP contribution in [0.5, 0.6) is 0 Å². The van der Waals surface area contributed by atoms with Gasteiger partial charge in [-0.2, -0.15) is 0 Å². The van der Waals surface area contributed by atoms with Gasteiger partial charge in [-0.15, -0.1) is 0 Å². The number of aliphatic hydroxyl groups is 1. The van der Waals surface area contributed by atoms with Gasteiger partial charge in [-0.05, 0) is 25.6 Å². The second kappa shape index (κ2) is 5.68. The second-order valence-corrected chi connectivity index (χ2v) is 3.75. The molecule has 1 atom stereocenters. The van der Waals surface area contributed by atoms with E-state index < -0.39 is 0 Å². The van der Waals surface area contributed by atoms with Crippen LogP contribution in [-0.2, 0) is 6.54 Å². The molecule has 0 aromatic carbocycles. The molecule has 0 fully saturated rings. The van der Waals surface area contributed by atoms with Gasteiger partial charge in [-0.25, -0.2) is 4.98 Å². The van der Waals surface area contributed by atoms with Crippen LogP contribution in [-0.4, -0.2) is 41.7 Å². The Labute approximate surface area is 90.9 Å². The van der Waals surface area contributed by atoms with E-state index in [0.29, 0.717) is 0 Å². The lowest BCUT2D eigenvalue weighted by atomic mass is 10.2. The summed E-state index contributed by atoms with van der Waals surface area (Å²) in [6.07, 6.45) is 1.85. The van der Waals surface area contributed by atoms with Crippen molar-refractivity contribution in [1.82, 2.24) is 9.88 Å². The Morgan fingerprint density at radius 3 is 2.73 bits per heavy atom. The van der Waals surface area contributed by atoms with Crippen molar-refractivity contribution >= 4 is 5.82 Å². The second-order valence-electron chi connectivity index (χ2n) is 3.75. The monoisotopic (exact) mass is 209 g/mol. The fourth-order valence-corrected chi connectivity index (χ4v) is 1.25. The molecule has 2 N–H and O–H groups in total. The van der Waals surface area contributed by atoms with E-state index in [-0.39, 0.29) is 12.6 Å². The van der Waals surface area contributed by atoms with Crippen LogP contribution in [0.4, 0.5) is 5.82 Å². The quantitative estimate of drug-likeness (QED) is 0.757. The molecule has 0 amide bonds. The van der Waals surface area contributed by atoms with Crippen molar-refractivity contribution in [3.8, 4) is 0 Å². The number of aromatic nitrogens is 1. The van der Waals surface area contributed by atoms with E-state index in [4.69, 9.17) is 5.11 Å². The van der Waals surface area contributed by atoms with Gasteiger partial charge in [-0.1, -0.05) is 6.07 Å². The highest BCUT2D eigenvalue weighted by atomic mass is 16.3. The summed E-state index contributed by atoms with van der Waals surface area (Å²) in [5.41, 5.74) is 1.15. The summed E-state index contributed by atoms with van der Waals surface area (Å²) in [5.74, 6) is 0.872. The minimum atomic E-state index is 0.175. The molecule has 0 spiro atoms. The molecule has 84 valence electrons. The first-order valence-electron chi connectivity index (χ1n) is 5.11. The van der Waals surface area contributed by atoms with Crippen LogP contribution in [0.15, 0.2) is 18.3 Å². The lowest BCUT2D eigenvalue weighted by molar-refractivity contribution is 0.154. The van der Waals surface area contributed by atoms with Gasteiger partial charge in [0.05, 0.1) is 6.61 Å². The average Bonchev–Trinajstić information content (AvgIpc) is 2.29. The molecular weight excluding hydrogens is 190 g/mol. The minimum Gasteiger partial charge on any atom is -0.395 e. The number of pyridine rings is 1. The fraction of sp³-hybridized carbons (Fsp3) is 0.545. The molecule has 4 nitrogen and oxygen atoms in total. The summed E-state index contributed by atoms with van der Waals surface area (Å²) in [6.45, 7) is 2.98. The van der Waals surface area contributed by atoms with Crippen LogP contribution in [0.25, 0.3) is 0 Å². The van der Waals surface area contributed by atoms with Crippen molar-refractivity contribution in [2.75, 3.05) is 26.0 Å². The van der Waals surface area contributed by atoms with Crippen molar-refractivity contribution in [2.24, 2.45) is 0 Å². The standard InChI is InChI=1S/C11H19N3O/c1-9(8-15)14(3)7-10-4-5-11(12-2)13-6-10/h4-6,9,15H,7-8H2,1-3H3,(H,12,13). The molecule has 1 aromatic heterocycles. The molecule has 0 saturated carbocycles. The molecule has 0 radical (unpaired) electrons. The third kappa shape index (κ3) is 3.49. The Bertz CT molecular complexity index is 286. The Morgan fingerprint density at radius 2 is 2.27 bits per heavy atom. The topological polar surface area (TPSA) is 48.4 Å². The van der Waals surface area contributed by atoms with Crippen LogP contribution in [0.3, 0.4) is 0 Å². The normalized spacial score (nSPS) is 12.9. The number of rotatable bonds is 5. The van der Waals surface area contributed by atoms with Crippen molar-refractivity contribution in [2.45, 2.75) is 19.5 Å². The van der Waals surface area contributed by atoms with E-state index in [0.717, 1.165) is 17.9 Å². The summed E-state index contributed by atoms with van der Waals surface area (Å²) in [5, 5.41) is 12.0. The number of nitrogens with one attached hydrogen (secondary N) is 1. The van der Waals surface area contributed by atoms with E-state index in [1.165, 1.54) is 0 Å². The largest absolute Gasteiger partial charge is 0.395 e. The number of hydrogen-bond donors (Lipinski definition) is 2. The van der Waals surface area contributed by atoms with Crippen LogP contribution in [0.2, 0.25) is 0 Å². The van der Waals surface area contributed by atoms with Gasteiger partial charge in [-0.3, -0.25) is 4.90 Å². The van der Waals surface area contributed by atoms with Gasteiger partial charge in [0.15, 0.2) is 0 Å². The van der Waals surface area contributed by atoms with Gasteiger partial charge >= 0.3 is 0 Å². The summed E-state index contributed by atoms with van der Waals surface area (Å²) in [4.78, 5) is 6.33. The van der Waals surface area contributed by atoms with E-state index in [1.807, 2.05) is 39.3 Å². The van der Waals surface area contributed by atoms with Crippen molar-refractivity contribution in [3.05, 3.63) is 23.9 Å². The molecule has 4 heteroatoms. The first-order chi connectivity index (χ1) is 7.17.